The molecule has 6 heteroatoms. The largest absolute Gasteiger partial charge is 0.507 e. The lowest BCUT2D eigenvalue weighted by atomic mass is 9.95. The Morgan fingerprint density at radius 1 is 0.944 bits per heavy atom. The number of rotatable bonds is 10. The van der Waals surface area contributed by atoms with Crippen LogP contribution in [0.2, 0.25) is 0 Å². The van der Waals surface area contributed by atoms with Gasteiger partial charge in [-0.2, -0.15) is 0 Å². The van der Waals surface area contributed by atoms with E-state index in [0.29, 0.717) is 30.9 Å². The third-order valence-corrected chi connectivity index (χ3v) is 6.35. The van der Waals surface area contributed by atoms with Crippen LogP contribution >= 0.6 is 0 Å². The highest BCUT2D eigenvalue weighted by Gasteiger charge is 2.45. The zero-order valence-corrected chi connectivity index (χ0v) is 20.3. The van der Waals surface area contributed by atoms with Crippen molar-refractivity contribution in [3.05, 3.63) is 107 Å². The van der Waals surface area contributed by atoms with E-state index in [1.165, 1.54) is 29.2 Å². The Hall–Kier alpha value is -3.93. The molecule has 36 heavy (non-hydrogen) atoms. The fourth-order valence-corrected chi connectivity index (χ4v) is 4.40. The number of nitrogens with zero attached hydrogens (tertiary/aromatic N) is 1. The quantitative estimate of drug-likeness (QED) is 0.163. The minimum atomic E-state index is -0.770. The Bertz CT molecular complexity index is 1220. The van der Waals surface area contributed by atoms with Crippen molar-refractivity contribution in [2.45, 2.75) is 38.6 Å². The molecule has 1 unspecified atom stereocenters. The van der Waals surface area contributed by atoms with Crippen LogP contribution in [0.1, 0.15) is 48.9 Å². The third kappa shape index (κ3) is 5.65. The highest BCUT2D eigenvalue weighted by molar-refractivity contribution is 6.46. The number of carbonyl (C=O) groups excluding carboxylic acids is 2. The van der Waals surface area contributed by atoms with E-state index in [1.807, 2.05) is 54.6 Å². The number of hydrogen-bond donors (Lipinski definition) is 1. The third-order valence-electron chi connectivity index (χ3n) is 6.35. The molecule has 1 aliphatic heterocycles. The number of aliphatic hydroxyl groups excluding tert-OH is 1. The number of halogens is 1. The molecule has 1 fully saturated rings. The lowest BCUT2D eigenvalue weighted by Crippen LogP contribution is -2.31. The zero-order chi connectivity index (χ0) is 25.5. The van der Waals surface area contributed by atoms with E-state index >= 15 is 0 Å². The molecule has 0 radical (unpaired) electrons. The number of likely N-dealkylation sites (tertiary alicyclic amines) is 1. The maximum atomic E-state index is 13.5. The van der Waals surface area contributed by atoms with Crippen molar-refractivity contribution in [3.63, 3.8) is 0 Å². The Kier molecular flexibility index (Phi) is 8.16. The first-order valence-corrected chi connectivity index (χ1v) is 12.3. The average Bonchev–Trinajstić information content (AvgIpc) is 3.16. The number of ketones is 1. The molecule has 186 valence electrons. The van der Waals surface area contributed by atoms with E-state index in [4.69, 9.17) is 4.74 Å². The van der Waals surface area contributed by atoms with Crippen molar-refractivity contribution in [1.29, 1.82) is 0 Å². The Balaban J connectivity index is 1.68. The van der Waals surface area contributed by atoms with Crippen molar-refractivity contribution in [2.75, 3.05) is 13.2 Å². The average molecular weight is 488 g/mol. The smallest absolute Gasteiger partial charge is 0.295 e. The molecule has 1 N–H and O–H groups in total. The van der Waals surface area contributed by atoms with E-state index in [0.717, 1.165) is 24.8 Å². The van der Waals surface area contributed by atoms with Crippen LogP contribution in [0.5, 0.6) is 5.75 Å². The van der Waals surface area contributed by atoms with E-state index in [1.54, 1.807) is 0 Å². The first-order valence-electron chi connectivity index (χ1n) is 12.3. The van der Waals surface area contributed by atoms with Crippen LogP contribution in [0.15, 0.2) is 84.4 Å². The Labute approximate surface area is 210 Å². The van der Waals surface area contributed by atoms with Crippen LogP contribution < -0.4 is 4.74 Å². The number of hydrogen-bond acceptors (Lipinski definition) is 4. The SMILES string of the molecule is CCCCCOc1ccc(C2C(=C(O)c3ccc(F)cc3)C(=O)C(=O)N2CCc2ccccc2)cc1. The predicted octanol–water partition coefficient (Wildman–Crippen LogP) is 6.06. The summed E-state index contributed by atoms with van der Waals surface area (Å²) in [6.07, 6.45) is 3.73. The second kappa shape index (κ2) is 11.7. The Morgan fingerprint density at radius 3 is 2.31 bits per heavy atom. The molecule has 0 aliphatic carbocycles. The van der Waals surface area contributed by atoms with Crippen molar-refractivity contribution >= 4 is 17.4 Å². The Morgan fingerprint density at radius 2 is 1.64 bits per heavy atom. The molecule has 0 aromatic heterocycles. The van der Waals surface area contributed by atoms with Gasteiger partial charge >= 0.3 is 0 Å². The van der Waals surface area contributed by atoms with Crippen LogP contribution in [0.4, 0.5) is 4.39 Å². The first kappa shape index (κ1) is 25.2. The van der Waals surface area contributed by atoms with Gasteiger partial charge in [0.2, 0.25) is 0 Å². The fourth-order valence-electron chi connectivity index (χ4n) is 4.40. The molecular weight excluding hydrogens is 457 g/mol. The van der Waals surface area contributed by atoms with Gasteiger partial charge in [0.1, 0.15) is 17.3 Å². The maximum Gasteiger partial charge on any atom is 0.295 e. The lowest BCUT2D eigenvalue weighted by Gasteiger charge is -2.25. The van der Waals surface area contributed by atoms with Gasteiger partial charge in [-0.25, -0.2) is 4.39 Å². The van der Waals surface area contributed by atoms with Crippen LogP contribution in [-0.2, 0) is 16.0 Å². The van der Waals surface area contributed by atoms with Gasteiger partial charge in [0.15, 0.2) is 0 Å². The molecule has 0 spiro atoms. The molecule has 1 atom stereocenters. The van der Waals surface area contributed by atoms with Gasteiger partial charge in [0.25, 0.3) is 11.7 Å². The topological polar surface area (TPSA) is 66.8 Å². The highest BCUT2D eigenvalue weighted by atomic mass is 19.1. The van der Waals surface area contributed by atoms with Crippen molar-refractivity contribution in [1.82, 2.24) is 4.90 Å². The van der Waals surface area contributed by atoms with Crippen molar-refractivity contribution in [3.8, 4) is 5.75 Å². The molecule has 5 nitrogen and oxygen atoms in total. The molecule has 1 amide bonds. The number of aliphatic hydroxyl groups is 1. The second-order valence-corrected chi connectivity index (χ2v) is 8.86. The summed E-state index contributed by atoms with van der Waals surface area (Å²) in [5.74, 6) is -1.50. The van der Waals surface area contributed by atoms with E-state index < -0.39 is 23.5 Å². The van der Waals surface area contributed by atoms with E-state index in [9.17, 15) is 19.1 Å². The number of ether oxygens (including phenoxy) is 1. The molecule has 3 aromatic rings. The minimum absolute atomic E-state index is 0.00344. The molecular formula is C30H30FNO4. The second-order valence-electron chi connectivity index (χ2n) is 8.86. The van der Waals surface area contributed by atoms with Gasteiger partial charge in [-0.3, -0.25) is 9.59 Å². The van der Waals surface area contributed by atoms with E-state index in [-0.39, 0.29) is 16.9 Å². The maximum absolute atomic E-state index is 13.5. The molecule has 1 heterocycles. The molecule has 1 saturated heterocycles. The summed E-state index contributed by atoms with van der Waals surface area (Å²) in [6, 6.07) is 21.4. The number of carbonyl (C=O) groups is 2. The van der Waals surface area contributed by atoms with Gasteiger partial charge < -0.3 is 14.7 Å². The molecule has 0 bridgehead atoms. The predicted molar refractivity (Wildman–Crippen MR) is 137 cm³/mol. The summed E-state index contributed by atoms with van der Waals surface area (Å²) in [5, 5.41) is 11.1. The summed E-state index contributed by atoms with van der Waals surface area (Å²) in [4.78, 5) is 27.8. The molecule has 4 rings (SSSR count). The van der Waals surface area contributed by atoms with Gasteiger partial charge in [0, 0.05) is 12.1 Å². The van der Waals surface area contributed by atoms with E-state index in [2.05, 4.69) is 6.92 Å². The van der Waals surface area contributed by atoms with Crippen molar-refractivity contribution < 1.29 is 23.8 Å². The molecule has 0 saturated carbocycles. The monoisotopic (exact) mass is 487 g/mol. The number of benzene rings is 3. The normalized spacial score (nSPS) is 16.9. The molecule has 1 aliphatic rings. The summed E-state index contributed by atoms with van der Waals surface area (Å²) in [5.41, 5.74) is 1.99. The standard InChI is InChI=1S/C30H30FNO4/c1-2-3-7-20-36-25-16-12-22(13-17-25)27-26(28(33)23-10-14-24(31)15-11-23)29(34)30(35)32(27)19-18-21-8-5-4-6-9-21/h4-6,8-17,27,33H,2-3,7,18-20H2,1H3. The van der Waals surface area contributed by atoms with Crippen LogP contribution in [0.25, 0.3) is 5.76 Å². The van der Waals surface area contributed by atoms with Crippen LogP contribution in [0.3, 0.4) is 0 Å². The number of Topliss-reactive ketones (excluding diaryl/α,β-unsaturated/α-hetero) is 1. The van der Waals surface area contributed by atoms with Crippen LogP contribution in [-0.4, -0.2) is 34.8 Å². The van der Waals surface area contributed by atoms with Gasteiger partial charge in [-0.1, -0.05) is 62.2 Å². The number of unbranched alkanes of at least 4 members (excludes halogenated alkanes) is 2. The van der Waals surface area contributed by atoms with Gasteiger partial charge in [-0.05, 0) is 60.4 Å². The van der Waals surface area contributed by atoms with Crippen molar-refractivity contribution in [2.24, 2.45) is 0 Å². The first-order chi connectivity index (χ1) is 17.5. The van der Waals surface area contributed by atoms with Gasteiger partial charge in [0.05, 0.1) is 18.2 Å². The minimum Gasteiger partial charge on any atom is -0.507 e. The lowest BCUT2D eigenvalue weighted by molar-refractivity contribution is -0.139. The summed E-state index contributed by atoms with van der Waals surface area (Å²) >= 11 is 0. The highest BCUT2D eigenvalue weighted by Crippen LogP contribution is 2.40. The van der Waals surface area contributed by atoms with Crippen LogP contribution in [0, 0.1) is 5.82 Å². The summed E-state index contributed by atoms with van der Waals surface area (Å²) in [6.45, 7) is 3.05. The summed E-state index contributed by atoms with van der Waals surface area (Å²) < 4.78 is 19.3. The zero-order valence-electron chi connectivity index (χ0n) is 20.3. The van der Waals surface area contributed by atoms with Gasteiger partial charge in [-0.15, -0.1) is 0 Å². The summed E-state index contributed by atoms with van der Waals surface area (Å²) in [7, 11) is 0. The number of amides is 1. The molecule has 3 aromatic carbocycles. The fraction of sp³-hybridized carbons (Fsp3) is 0.267.